The lowest BCUT2D eigenvalue weighted by Crippen LogP contribution is -1.96. The third-order valence-corrected chi connectivity index (χ3v) is 1.85. The van der Waals surface area contributed by atoms with Crippen LogP contribution in [0.1, 0.15) is 18.5 Å². The number of hydrogen-bond donors (Lipinski definition) is 0. The van der Waals surface area contributed by atoms with Crippen molar-refractivity contribution >= 4 is 0 Å². The second-order valence-electron chi connectivity index (χ2n) is 2.67. The van der Waals surface area contributed by atoms with Gasteiger partial charge in [0, 0.05) is 6.92 Å². The molecular weight excluding hydrogens is 169 g/mol. The molecule has 1 unspecified atom stereocenters. The minimum Gasteiger partial charge on any atom is -0.493 e. The Hall–Kier alpha value is -1.56. The molecule has 68 valence electrons. The van der Waals surface area contributed by atoms with Crippen LogP contribution in [0.2, 0.25) is 0 Å². The molecule has 0 aliphatic rings. The summed E-state index contributed by atoms with van der Waals surface area (Å²) in [5, 5.41) is 0. The zero-order valence-corrected chi connectivity index (χ0v) is 7.54. The maximum absolute atomic E-state index is 13.1. The van der Waals surface area contributed by atoms with Gasteiger partial charge in [0.2, 0.25) is 6.04 Å². The van der Waals surface area contributed by atoms with E-state index in [0.29, 0.717) is 5.56 Å². The molecule has 3 heteroatoms. The molecule has 0 spiro atoms. The third-order valence-electron chi connectivity index (χ3n) is 1.85. The van der Waals surface area contributed by atoms with E-state index in [9.17, 15) is 4.39 Å². The van der Waals surface area contributed by atoms with E-state index in [4.69, 9.17) is 11.3 Å². The lowest BCUT2D eigenvalue weighted by Gasteiger charge is -2.07. The average Bonchev–Trinajstić information content (AvgIpc) is 2.16. The summed E-state index contributed by atoms with van der Waals surface area (Å²) >= 11 is 0. The fraction of sp³-hybridized carbons (Fsp3) is 0.300. The van der Waals surface area contributed by atoms with E-state index in [2.05, 4.69) is 4.85 Å². The third kappa shape index (κ3) is 1.78. The van der Waals surface area contributed by atoms with E-state index >= 15 is 0 Å². The van der Waals surface area contributed by atoms with Crippen molar-refractivity contribution in [3.63, 3.8) is 0 Å². The van der Waals surface area contributed by atoms with Crippen molar-refractivity contribution < 1.29 is 9.13 Å². The first-order chi connectivity index (χ1) is 6.20. The normalized spacial score (nSPS) is 11.8. The number of para-hydroxylation sites is 1. The van der Waals surface area contributed by atoms with E-state index in [0.717, 1.165) is 0 Å². The summed E-state index contributed by atoms with van der Waals surface area (Å²) in [5.74, 6) is -0.249. The van der Waals surface area contributed by atoms with Gasteiger partial charge in [-0.3, -0.25) is 0 Å². The summed E-state index contributed by atoms with van der Waals surface area (Å²) in [6.45, 7) is 8.55. The second kappa shape index (κ2) is 3.90. The molecule has 0 aromatic heterocycles. The molecular formula is C10H10FNO. The Balaban J connectivity index is 3.21. The summed E-state index contributed by atoms with van der Waals surface area (Å²) in [5.41, 5.74) is 0.595. The maximum atomic E-state index is 13.1. The van der Waals surface area contributed by atoms with Crippen molar-refractivity contribution in [2.45, 2.75) is 13.0 Å². The SMILES string of the molecule is [C-]#[N+]C(C)c1cccc(F)c1OC. The Morgan fingerprint density at radius 2 is 2.23 bits per heavy atom. The highest BCUT2D eigenvalue weighted by Gasteiger charge is 2.17. The molecule has 1 aromatic carbocycles. The van der Waals surface area contributed by atoms with Crippen LogP contribution >= 0.6 is 0 Å². The van der Waals surface area contributed by atoms with Gasteiger partial charge in [-0.2, -0.15) is 0 Å². The quantitative estimate of drug-likeness (QED) is 0.636. The van der Waals surface area contributed by atoms with Crippen molar-refractivity contribution in [3.05, 3.63) is 41.0 Å². The van der Waals surface area contributed by atoms with E-state index in [-0.39, 0.29) is 11.8 Å². The molecule has 0 saturated heterocycles. The van der Waals surface area contributed by atoms with Crippen LogP contribution in [0, 0.1) is 12.4 Å². The molecule has 0 aliphatic heterocycles. The van der Waals surface area contributed by atoms with Crippen molar-refractivity contribution in [1.29, 1.82) is 0 Å². The summed E-state index contributed by atoms with van der Waals surface area (Å²) < 4.78 is 18.0. The Kier molecular flexibility index (Phi) is 2.86. The predicted octanol–water partition coefficient (Wildman–Crippen LogP) is 2.81. The van der Waals surface area contributed by atoms with E-state index in [1.54, 1.807) is 19.1 Å². The molecule has 0 radical (unpaired) electrons. The Labute approximate surface area is 76.8 Å². The van der Waals surface area contributed by atoms with Gasteiger partial charge >= 0.3 is 0 Å². The molecule has 0 aliphatic carbocycles. The molecule has 1 atom stereocenters. The molecule has 0 saturated carbocycles. The first-order valence-corrected chi connectivity index (χ1v) is 3.89. The topological polar surface area (TPSA) is 13.6 Å². The highest BCUT2D eigenvalue weighted by Crippen LogP contribution is 2.29. The summed E-state index contributed by atoms with van der Waals surface area (Å²) in [4.78, 5) is 3.31. The zero-order chi connectivity index (χ0) is 9.84. The molecule has 0 fully saturated rings. The highest BCUT2D eigenvalue weighted by molar-refractivity contribution is 5.38. The lowest BCUT2D eigenvalue weighted by atomic mass is 10.1. The predicted molar refractivity (Wildman–Crippen MR) is 48.0 cm³/mol. The number of methoxy groups -OCH3 is 1. The first-order valence-electron chi connectivity index (χ1n) is 3.89. The van der Waals surface area contributed by atoms with Crippen molar-refractivity contribution in [3.8, 4) is 5.75 Å². The van der Waals surface area contributed by atoms with Crippen LogP contribution in [0.5, 0.6) is 5.75 Å². The number of rotatable bonds is 2. The smallest absolute Gasteiger partial charge is 0.249 e. The average molecular weight is 179 g/mol. The number of halogens is 1. The van der Waals surface area contributed by atoms with E-state index in [1.165, 1.54) is 13.2 Å². The van der Waals surface area contributed by atoms with Gasteiger partial charge in [0.1, 0.15) is 0 Å². The van der Waals surface area contributed by atoms with E-state index in [1.807, 2.05) is 0 Å². The van der Waals surface area contributed by atoms with Crippen LogP contribution in [0.15, 0.2) is 18.2 Å². The Bertz CT molecular complexity index is 343. The van der Waals surface area contributed by atoms with Crippen LogP contribution < -0.4 is 4.74 Å². The first kappa shape index (κ1) is 9.53. The fourth-order valence-corrected chi connectivity index (χ4v) is 1.14. The van der Waals surface area contributed by atoms with Crippen LogP contribution in [0.4, 0.5) is 4.39 Å². The second-order valence-corrected chi connectivity index (χ2v) is 2.67. The van der Waals surface area contributed by atoms with Gasteiger partial charge in [-0.25, -0.2) is 11.0 Å². The standard InChI is InChI=1S/C10H10FNO/c1-7(12-2)8-5-4-6-9(11)10(8)13-3/h4-7H,1,3H3. The highest BCUT2D eigenvalue weighted by atomic mass is 19.1. The summed E-state index contributed by atoms with van der Waals surface area (Å²) in [7, 11) is 1.40. The maximum Gasteiger partial charge on any atom is 0.249 e. The monoisotopic (exact) mass is 179 g/mol. The summed E-state index contributed by atoms with van der Waals surface area (Å²) in [6, 6.07) is 4.23. The van der Waals surface area contributed by atoms with Gasteiger partial charge in [0.15, 0.2) is 11.6 Å². The number of hydrogen-bond acceptors (Lipinski definition) is 1. The van der Waals surface area contributed by atoms with Crippen molar-refractivity contribution in [2.75, 3.05) is 7.11 Å². The van der Waals surface area contributed by atoms with Crippen LogP contribution in [0.3, 0.4) is 0 Å². The van der Waals surface area contributed by atoms with Crippen LogP contribution in [-0.2, 0) is 0 Å². The van der Waals surface area contributed by atoms with Gasteiger partial charge in [-0.05, 0) is 12.1 Å². The number of ether oxygens (including phenoxy) is 1. The molecule has 2 nitrogen and oxygen atoms in total. The fourth-order valence-electron chi connectivity index (χ4n) is 1.14. The molecule has 0 heterocycles. The molecule has 0 amide bonds. The largest absolute Gasteiger partial charge is 0.493 e. The van der Waals surface area contributed by atoms with Gasteiger partial charge in [0.05, 0.1) is 12.7 Å². The number of benzene rings is 1. The molecule has 1 aromatic rings. The van der Waals surface area contributed by atoms with Gasteiger partial charge in [0.25, 0.3) is 0 Å². The van der Waals surface area contributed by atoms with Crippen LogP contribution in [0.25, 0.3) is 4.85 Å². The van der Waals surface area contributed by atoms with Crippen LogP contribution in [-0.4, -0.2) is 7.11 Å². The summed E-state index contributed by atoms with van der Waals surface area (Å²) in [6.07, 6.45) is 0. The Morgan fingerprint density at radius 1 is 1.54 bits per heavy atom. The van der Waals surface area contributed by atoms with Crippen molar-refractivity contribution in [2.24, 2.45) is 0 Å². The minimum absolute atomic E-state index is 0.172. The molecule has 1 rings (SSSR count). The lowest BCUT2D eigenvalue weighted by molar-refractivity contribution is 0.380. The van der Waals surface area contributed by atoms with Gasteiger partial charge < -0.3 is 9.58 Å². The van der Waals surface area contributed by atoms with Gasteiger partial charge in [-0.15, -0.1) is 0 Å². The number of nitrogens with zero attached hydrogens (tertiary/aromatic N) is 1. The molecule has 0 N–H and O–H groups in total. The Morgan fingerprint density at radius 3 is 2.77 bits per heavy atom. The minimum atomic E-state index is -0.421. The zero-order valence-electron chi connectivity index (χ0n) is 7.54. The van der Waals surface area contributed by atoms with E-state index < -0.39 is 5.82 Å². The van der Waals surface area contributed by atoms with Crippen molar-refractivity contribution in [1.82, 2.24) is 0 Å². The molecule has 13 heavy (non-hydrogen) atoms. The molecule has 0 bridgehead atoms. The van der Waals surface area contributed by atoms with Gasteiger partial charge in [-0.1, -0.05) is 6.07 Å².